The molecule has 7 nitrogen and oxygen atoms in total. The van der Waals surface area contributed by atoms with Crippen molar-refractivity contribution in [1.29, 1.82) is 0 Å². The fraction of sp³-hybridized carbons (Fsp3) is 0.500. The number of carbonyl (C=O) groups excluding carboxylic acids is 2. The van der Waals surface area contributed by atoms with Crippen LogP contribution in [-0.2, 0) is 40.1 Å². The third-order valence-electron chi connectivity index (χ3n) is 7.37. The third-order valence-corrected chi connectivity index (χ3v) is 7.37. The van der Waals surface area contributed by atoms with Gasteiger partial charge in [0.15, 0.2) is 0 Å². The number of hydrogen-bond donors (Lipinski definition) is 1. The molecular weight excluding hydrogens is 470 g/mol. The van der Waals surface area contributed by atoms with E-state index in [2.05, 4.69) is 6.07 Å². The zero-order valence-corrected chi connectivity index (χ0v) is 21.8. The molecule has 1 aliphatic heterocycles. The van der Waals surface area contributed by atoms with E-state index in [1.165, 1.54) is 5.56 Å². The molecule has 1 amide bonds. The van der Waals surface area contributed by atoms with Gasteiger partial charge in [0.1, 0.15) is 17.6 Å². The molecule has 198 valence electrons. The molecule has 2 aromatic rings. The van der Waals surface area contributed by atoms with Crippen molar-refractivity contribution >= 4 is 17.8 Å². The van der Waals surface area contributed by atoms with Crippen molar-refractivity contribution in [2.24, 2.45) is 5.92 Å². The summed E-state index contributed by atoms with van der Waals surface area (Å²) in [5.74, 6) is 0.332. The molecule has 1 fully saturated rings. The lowest BCUT2D eigenvalue weighted by molar-refractivity contribution is -0.138. The molecule has 2 aliphatic rings. The predicted octanol–water partition coefficient (Wildman–Crippen LogP) is 5.28. The van der Waals surface area contributed by atoms with Crippen molar-refractivity contribution in [3.8, 4) is 5.75 Å². The fourth-order valence-electron chi connectivity index (χ4n) is 5.44. The fourth-order valence-corrected chi connectivity index (χ4v) is 5.44. The summed E-state index contributed by atoms with van der Waals surface area (Å²) in [6, 6.07) is 12.0. The first-order valence-electron chi connectivity index (χ1n) is 13.3. The van der Waals surface area contributed by atoms with Gasteiger partial charge in [-0.05, 0) is 74.6 Å². The monoisotopic (exact) mass is 507 g/mol. The number of Topliss-reactive ketones (excluding diaryl/α,β-unsaturated/α-hetero) is 1. The summed E-state index contributed by atoms with van der Waals surface area (Å²) in [5.41, 5.74) is 5.28. The average Bonchev–Trinajstić information content (AvgIpc) is 2.86. The highest BCUT2D eigenvalue weighted by molar-refractivity contribution is 5.84. The number of ketones is 1. The van der Waals surface area contributed by atoms with Crippen LogP contribution in [0.25, 0.3) is 0 Å². The van der Waals surface area contributed by atoms with Gasteiger partial charge >= 0.3 is 12.1 Å². The lowest BCUT2D eigenvalue weighted by Crippen LogP contribution is -2.39. The molecule has 0 aromatic heterocycles. The molecule has 37 heavy (non-hydrogen) atoms. The van der Waals surface area contributed by atoms with Crippen LogP contribution < -0.4 is 4.74 Å². The smallest absolute Gasteiger partial charge is 0.410 e. The quantitative estimate of drug-likeness (QED) is 0.497. The number of benzene rings is 2. The van der Waals surface area contributed by atoms with Gasteiger partial charge in [0.2, 0.25) is 0 Å². The van der Waals surface area contributed by atoms with Crippen molar-refractivity contribution in [1.82, 2.24) is 4.90 Å². The molecule has 1 aliphatic carbocycles. The second kappa shape index (κ2) is 12.3. The second-order valence-corrected chi connectivity index (χ2v) is 10.3. The Balaban J connectivity index is 1.29. The normalized spacial score (nSPS) is 19.1. The molecule has 0 bridgehead atoms. The Morgan fingerprint density at radius 3 is 2.51 bits per heavy atom. The molecular formula is C30H37NO6. The minimum Gasteiger partial charge on any atom is -0.494 e. The van der Waals surface area contributed by atoms with E-state index in [1.54, 1.807) is 4.90 Å². The van der Waals surface area contributed by atoms with Crippen LogP contribution >= 0.6 is 0 Å². The molecule has 0 unspecified atom stereocenters. The molecule has 1 heterocycles. The Kier molecular flexibility index (Phi) is 8.85. The predicted molar refractivity (Wildman–Crippen MR) is 140 cm³/mol. The molecule has 0 spiro atoms. The Hall–Kier alpha value is -3.35. The van der Waals surface area contributed by atoms with E-state index in [4.69, 9.17) is 14.6 Å². The molecule has 7 heteroatoms. The van der Waals surface area contributed by atoms with Gasteiger partial charge < -0.3 is 19.5 Å². The Morgan fingerprint density at radius 1 is 1.00 bits per heavy atom. The van der Waals surface area contributed by atoms with Crippen LogP contribution in [-0.4, -0.2) is 47.1 Å². The highest BCUT2D eigenvalue weighted by atomic mass is 16.6. The molecule has 2 aromatic carbocycles. The van der Waals surface area contributed by atoms with Gasteiger partial charge in [0.25, 0.3) is 0 Å². The number of ether oxygens (including phenoxy) is 2. The van der Waals surface area contributed by atoms with Gasteiger partial charge in [-0.25, -0.2) is 4.79 Å². The van der Waals surface area contributed by atoms with Crippen LogP contribution in [0.15, 0.2) is 36.4 Å². The minimum atomic E-state index is -0.762. The van der Waals surface area contributed by atoms with Crippen LogP contribution in [0.2, 0.25) is 0 Å². The Labute approximate surface area is 218 Å². The highest BCUT2D eigenvalue weighted by Gasteiger charge is 2.28. The van der Waals surface area contributed by atoms with Gasteiger partial charge in [-0.2, -0.15) is 0 Å². The van der Waals surface area contributed by atoms with Crippen molar-refractivity contribution in [2.75, 3.05) is 13.2 Å². The van der Waals surface area contributed by atoms with Crippen molar-refractivity contribution in [3.63, 3.8) is 0 Å². The number of fused-ring (bicyclic) bond motifs is 1. The van der Waals surface area contributed by atoms with E-state index in [9.17, 15) is 14.4 Å². The molecule has 1 N–H and O–H groups in total. The Morgan fingerprint density at radius 2 is 1.78 bits per heavy atom. The maximum Gasteiger partial charge on any atom is 0.410 e. The largest absolute Gasteiger partial charge is 0.494 e. The van der Waals surface area contributed by atoms with E-state index in [1.807, 2.05) is 44.2 Å². The standard InChI is InChI=1S/C30H37NO6/c1-3-36-28-11-4-20(2)14-25(28)18-26(32)16-22-5-8-24-19-31(13-12-23(24)15-22)30(35)37-27-9-6-21(7-10-27)17-29(33)34/h4-5,8,11,14-15,21,27H,3,6-7,9-10,12-13,16-19H2,1-2H3,(H,33,34). The van der Waals surface area contributed by atoms with E-state index in [0.29, 0.717) is 32.5 Å². The van der Waals surface area contributed by atoms with Crippen molar-refractivity contribution in [2.45, 2.75) is 77.9 Å². The second-order valence-electron chi connectivity index (χ2n) is 10.3. The first kappa shape index (κ1) is 26.7. The van der Waals surface area contributed by atoms with Crippen LogP contribution in [0.5, 0.6) is 5.75 Å². The summed E-state index contributed by atoms with van der Waals surface area (Å²) in [6.45, 7) is 5.59. The molecule has 0 radical (unpaired) electrons. The van der Waals surface area contributed by atoms with E-state index in [0.717, 1.165) is 60.1 Å². The summed E-state index contributed by atoms with van der Waals surface area (Å²) in [7, 11) is 0. The van der Waals surface area contributed by atoms with Crippen LogP contribution in [0.1, 0.15) is 66.8 Å². The van der Waals surface area contributed by atoms with Gasteiger partial charge in [-0.3, -0.25) is 9.59 Å². The first-order chi connectivity index (χ1) is 17.8. The lowest BCUT2D eigenvalue weighted by atomic mass is 9.85. The number of carboxylic acid groups (broad SMARTS) is 1. The van der Waals surface area contributed by atoms with Gasteiger partial charge in [-0.1, -0.05) is 35.9 Å². The summed E-state index contributed by atoms with van der Waals surface area (Å²) in [5, 5.41) is 8.97. The minimum absolute atomic E-state index is 0.135. The summed E-state index contributed by atoms with van der Waals surface area (Å²) < 4.78 is 11.4. The molecule has 0 saturated heterocycles. The van der Waals surface area contributed by atoms with Crippen LogP contribution in [0, 0.1) is 12.8 Å². The first-order valence-corrected chi connectivity index (χ1v) is 13.3. The van der Waals surface area contributed by atoms with Gasteiger partial charge in [-0.15, -0.1) is 0 Å². The number of nitrogens with zero attached hydrogens (tertiary/aromatic N) is 1. The zero-order chi connectivity index (χ0) is 26.4. The topological polar surface area (TPSA) is 93.1 Å². The molecule has 4 rings (SSSR count). The van der Waals surface area contributed by atoms with Crippen LogP contribution in [0.4, 0.5) is 4.79 Å². The number of amides is 1. The summed E-state index contributed by atoms with van der Waals surface area (Å²) in [6.07, 6.45) is 4.20. The third kappa shape index (κ3) is 7.34. The number of rotatable bonds is 9. The summed E-state index contributed by atoms with van der Waals surface area (Å²) >= 11 is 0. The zero-order valence-electron chi connectivity index (χ0n) is 21.8. The molecule has 1 saturated carbocycles. The van der Waals surface area contributed by atoms with Crippen molar-refractivity contribution in [3.05, 3.63) is 64.2 Å². The number of carboxylic acids is 1. The van der Waals surface area contributed by atoms with Crippen LogP contribution in [0.3, 0.4) is 0 Å². The van der Waals surface area contributed by atoms with E-state index < -0.39 is 5.97 Å². The van der Waals surface area contributed by atoms with E-state index >= 15 is 0 Å². The van der Waals surface area contributed by atoms with Gasteiger partial charge in [0.05, 0.1) is 6.61 Å². The Bertz CT molecular complexity index is 1130. The highest BCUT2D eigenvalue weighted by Crippen LogP contribution is 2.30. The number of hydrogen-bond acceptors (Lipinski definition) is 5. The number of aryl methyl sites for hydroxylation is 1. The molecule has 0 atom stereocenters. The van der Waals surface area contributed by atoms with E-state index in [-0.39, 0.29) is 30.3 Å². The summed E-state index contributed by atoms with van der Waals surface area (Å²) in [4.78, 5) is 38.3. The maximum atomic E-state index is 12.9. The van der Waals surface area contributed by atoms with Crippen molar-refractivity contribution < 1.29 is 29.0 Å². The SMILES string of the molecule is CCOc1ccc(C)cc1CC(=O)Cc1ccc2c(c1)CCN(C(=O)OC1CCC(CC(=O)O)CC1)C2. The average molecular weight is 508 g/mol. The maximum absolute atomic E-state index is 12.9. The number of carbonyl (C=O) groups is 3. The number of aliphatic carboxylic acids is 1. The van der Waals surface area contributed by atoms with Gasteiger partial charge in [0, 0.05) is 37.9 Å². The lowest BCUT2D eigenvalue weighted by Gasteiger charge is -2.32.